The van der Waals surface area contributed by atoms with Crippen molar-refractivity contribution in [1.29, 1.82) is 0 Å². The van der Waals surface area contributed by atoms with E-state index >= 15 is 0 Å². The lowest BCUT2D eigenvalue weighted by molar-refractivity contribution is -0.132. The highest BCUT2D eigenvalue weighted by Crippen LogP contribution is 2.24. The molecule has 0 aliphatic rings. The second kappa shape index (κ2) is 8.17. The molecule has 0 aliphatic carbocycles. The summed E-state index contributed by atoms with van der Waals surface area (Å²) in [4.78, 5) is 15.5. The van der Waals surface area contributed by atoms with Gasteiger partial charge in [0.1, 0.15) is 5.38 Å². The van der Waals surface area contributed by atoms with E-state index in [-0.39, 0.29) is 5.91 Å². The predicted octanol–water partition coefficient (Wildman–Crippen LogP) is 3.70. The Morgan fingerprint density at radius 3 is 2.67 bits per heavy atom. The maximum atomic E-state index is 12.6. The van der Waals surface area contributed by atoms with Gasteiger partial charge in [0.05, 0.1) is 13.2 Å². The first-order chi connectivity index (χ1) is 10.2. The van der Waals surface area contributed by atoms with E-state index in [9.17, 15) is 4.79 Å². The molecule has 21 heavy (non-hydrogen) atoms. The van der Waals surface area contributed by atoms with Gasteiger partial charge in [-0.3, -0.25) is 4.79 Å². The molecule has 0 radical (unpaired) electrons. The number of benzene rings is 1. The van der Waals surface area contributed by atoms with Gasteiger partial charge in [-0.05, 0) is 17.0 Å². The van der Waals surface area contributed by atoms with Crippen LogP contribution in [0, 0.1) is 0 Å². The molecular formula is C16H18ClNO2S. The van der Waals surface area contributed by atoms with Gasteiger partial charge in [-0.2, -0.15) is 0 Å². The molecule has 1 amide bonds. The smallest absolute Gasteiger partial charge is 0.245 e. The second-order valence-electron chi connectivity index (χ2n) is 4.61. The van der Waals surface area contributed by atoms with E-state index in [0.29, 0.717) is 19.7 Å². The third kappa shape index (κ3) is 4.56. The summed E-state index contributed by atoms with van der Waals surface area (Å²) in [5.74, 6) is -0.0895. The molecular weight excluding hydrogens is 306 g/mol. The summed E-state index contributed by atoms with van der Waals surface area (Å²) in [6.07, 6.45) is 0. The Morgan fingerprint density at radius 2 is 2.05 bits per heavy atom. The third-order valence-corrected chi connectivity index (χ3v) is 4.41. The highest BCUT2D eigenvalue weighted by molar-refractivity contribution is 7.09. The summed E-state index contributed by atoms with van der Waals surface area (Å²) in [5, 5.41) is 1.34. The van der Waals surface area contributed by atoms with Crippen LogP contribution in [0.15, 0.2) is 47.8 Å². The molecule has 0 bridgehead atoms. The van der Waals surface area contributed by atoms with E-state index in [4.69, 9.17) is 16.3 Å². The van der Waals surface area contributed by atoms with Gasteiger partial charge in [0, 0.05) is 18.5 Å². The van der Waals surface area contributed by atoms with Crippen molar-refractivity contribution in [2.24, 2.45) is 0 Å². The topological polar surface area (TPSA) is 29.5 Å². The number of alkyl halides is 1. The van der Waals surface area contributed by atoms with Crippen LogP contribution in [0.3, 0.4) is 0 Å². The second-order valence-corrected chi connectivity index (χ2v) is 6.07. The monoisotopic (exact) mass is 323 g/mol. The van der Waals surface area contributed by atoms with E-state index in [2.05, 4.69) is 0 Å². The molecule has 2 aromatic rings. The first-order valence-electron chi connectivity index (χ1n) is 6.71. The van der Waals surface area contributed by atoms with Crippen LogP contribution in [0.2, 0.25) is 0 Å². The summed E-state index contributed by atoms with van der Waals surface area (Å²) < 4.78 is 5.09. The maximum Gasteiger partial charge on any atom is 0.245 e. The van der Waals surface area contributed by atoms with Crippen LogP contribution in [0.1, 0.15) is 15.8 Å². The predicted molar refractivity (Wildman–Crippen MR) is 86.6 cm³/mol. The van der Waals surface area contributed by atoms with Crippen LogP contribution < -0.4 is 0 Å². The first-order valence-corrected chi connectivity index (χ1v) is 8.03. The number of halogens is 1. The Bertz CT molecular complexity index is 545. The standard InChI is InChI=1S/C16H18ClNO2S/c1-20-10-9-18(12-14-8-5-11-21-14)16(19)15(17)13-6-3-2-4-7-13/h2-8,11,15H,9-10,12H2,1H3. The molecule has 1 atom stereocenters. The fraction of sp³-hybridized carbons (Fsp3) is 0.312. The maximum absolute atomic E-state index is 12.6. The number of nitrogens with zero attached hydrogens (tertiary/aromatic N) is 1. The van der Waals surface area contributed by atoms with Crippen molar-refractivity contribution < 1.29 is 9.53 Å². The van der Waals surface area contributed by atoms with E-state index in [1.165, 1.54) is 0 Å². The van der Waals surface area contributed by atoms with E-state index in [1.54, 1.807) is 23.3 Å². The van der Waals surface area contributed by atoms with Gasteiger partial charge in [0.15, 0.2) is 0 Å². The van der Waals surface area contributed by atoms with Crippen molar-refractivity contribution in [2.75, 3.05) is 20.3 Å². The summed E-state index contributed by atoms with van der Waals surface area (Å²) >= 11 is 7.97. The zero-order chi connectivity index (χ0) is 15.1. The normalized spacial score (nSPS) is 12.1. The number of thiophene rings is 1. The molecule has 0 spiro atoms. The number of amides is 1. The number of rotatable bonds is 7. The molecule has 2 rings (SSSR count). The van der Waals surface area contributed by atoms with Crippen LogP contribution >= 0.6 is 22.9 Å². The minimum Gasteiger partial charge on any atom is -0.383 e. The number of carbonyl (C=O) groups excluding carboxylic acids is 1. The van der Waals surface area contributed by atoms with Gasteiger partial charge >= 0.3 is 0 Å². The van der Waals surface area contributed by atoms with Crippen molar-refractivity contribution in [2.45, 2.75) is 11.9 Å². The van der Waals surface area contributed by atoms with E-state index in [1.807, 2.05) is 47.8 Å². The van der Waals surface area contributed by atoms with E-state index < -0.39 is 5.38 Å². The molecule has 0 fully saturated rings. The van der Waals surface area contributed by atoms with Crippen molar-refractivity contribution in [1.82, 2.24) is 4.90 Å². The Morgan fingerprint density at radius 1 is 1.29 bits per heavy atom. The van der Waals surface area contributed by atoms with Crippen molar-refractivity contribution in [3.8, 4) is 0 Å². The molecule has 3 nitrogen and oxygen atoms in total. The molecule has 1 aromatic heterocycles. The molecule has 0 saturated carbocycles. The molecule has 1 unspecified atom stereocenters. The first kappa shape index (κ1) is 16.0. The van der Waals surface area contributed by atoms with Gasteiger partial charge in [-0.1, -0.05) is 36.4 Å². The minimum absolute atomic E-state index is 0.0895. The molecule has 0 N–H and O–H groups in total. The van der Waals surface area contributed by atoms with E-state index in [0.717, 1.165) is 10.4 Å². The van der Waals surface area contributed by atoms with Crippen LogP contribution in [0.25, 0.3) is 0 Å². The Balaban J connectivity index is 2.09. The van der Waals surface area contributed by atoms with Gasteiger partial charge in [-0.25, -0.2) is 0 Å². The van der Waals surface area contributed by atoms with Crippen molar-refractivity contribution in [3.63, 3.8) is 0 Å². The highest BCUT2D eigenvalue weighted by atomic mass is 35.5. The zero-order valence-electron chi connectivity index (χ0n) is 11.9. The summed E-state index contributed by atoms with van der Waals surface area (Å²) in [7, 11) is 1.63. The minimum atomic E-state index is -0.664. The molecule has 112 valence electrons. The zero-order valence-corrected chi connectivity index (χ0v) is 13.4. The van der Waals surface area contributed by atoms with Gasteiger partial charge in [0.25, 0.3) is 0 Å². The number of methoxy groups -OCH3 is 1. The van der Waals surface area contributed by atoms with Gasteiger partial charge < -0.3 is 9.64 Å². The molecule has 0 saturated heterocycles. The van der Waals surface area contributed by atoms with Crippen LogP contribution in [0.5, 0.6) is 0 Å². The lowest BCUT2D eigenvalue weighted by Crippen LogP contribution is -2.35. The largest absolute Gasteiger partial charge is 0.383 e. The number of hydrogen-bond donors (Lipinski definition) is 0. The van der Waals surface area contributed by atoms with Crippen LogP contribution in [-0.2, 0) is 16.1 Å². The SMILES string of the molecule is COCCN(Cc1cccs1)C(=O)C(Cl)c1ccccc1. The average Bonchev–Trinajstić information content (AvgIpc) is 3.04. The Labute approximate surface area is 134 Å². The summed E-state index contributed by atoms with van der Waals surface area (Å²) in [5.41, 5.74) is 0.817. The molecule has 0 aliphatic heterocycles. The number of carbonyl (C=O) groups is 1. The van der Waals surface area contributed by atoms with Gasteiger partial charge in [-0.15, -0.1) is 22.9 Å². The van der Waals surface area contributed by atoms with Crippen LogP contribution in [-0.4, -0.2) is 31.1 Å². The van der Waals surface area contributed by atoms with Crippen LogP contribution in [0.4, 0.5) is 0 Å². The fourth-order valence-electron chi connectivity index (χ4n) is 1.98. The number of hydrogen-bond acceptors (Lipinski definition) is 3. The molecule has 1 heterocycles. The molecule has 5 heteroatoms. The van der Waals surface area contributed by atoms with Crippen molar-refractivity contribution in [3.05, 3.63) is 58.3 Å². The van der Waals surface area contributed by atoms with Gasteiger partial charge in [0.2, 0.25) is 5.91 Å². The third-order valence-electron chi connectivity index (χ3n) is 3.11. The molecule has 1 aromatic carbocycles. The van der Waals surface area contributed by atoms with Crippen molar-refractivity contribution >= 4 is 28.8 Å². The highest BCUT2D eigenvalue weighted by Gasteiger charge is 2.24. The fourth-order valence-corrected chi connectivity index (χ4v) is 2.99. The quantitative estimate of drug-likeness (QED) is 0.727. The average molecular weight is 324 g/mol. The lowest BCUT2D eigenvalue weighted by Gasteiger charge is -2.24. The number of ether oxygens (including phenoxy) is 1. The Kier molecular flexibility index (Phi) is 6.23. The summed E-state index contributed by atoms with van der Waals surface area (Å²) in [6.45, 7) is 1.59. The lowest BCUT2D eigenvalue weighted by atomic mass is 10.1. The Hall–Kier alpha value is -1.36. The summed E-state index contributed by atoms with van der Waals surface area (Å²) in [6, 6.07) is 13.4.